The number of imidazole rings is 2. The van der Waals surface area contributed by atoms with Crippen molar-refractivity contribution in [2.75, 3.05) is 59.0 Å². The molecule has 0 aromatic carbocycles. The first kappa shape index (κ1) is 35.0. The Kier molecular flexibility index (Phi) is 10.1. The molecule has 0 amide bonds. The predicted molar refractivity (Wildman–Crippen MR) is 171 cm³/mol. The monoisotopic (exact) mass is 710 g/mol. The third-order valence-electron chi connectivity index (χ3n) is 8.20. The van der Waals surface area contributed by atoms with Crippen LogP contribution in [0.15, 0.2) is 22.2 Å². The lowest BCUT2D eigenvalue weighted by molar-refractivity contribution is -0.0597. The minimum atomic E-state index is -4.19. The number of nitrogen functional groups attached to an aromatic ring is 2. The number of ether oxygens (including phenoxy) is 3. The van der Waals surface area contributed by atoms with E-state index in [4.69, 9.17) is 34.7 Å². The summed E-state index contributed by atoms with van der Waals surface area (Å²) in [6.07, 6.45) is -3.75. The topological polar surface area (TPSA) is 298 Å². The Morgan fingerprint density at radius 1 is 1.06 bits per heavy atom. The van der Waals surface area contributed by atoms with Crippen LogP contribution in [-0.2, 0) is 27.8 Å². The van der Waals surface area contributed by atoms with Crippen molar-refractivity contribution >= 4 is 42.0 Å². The van der Waals surface area contributed by atoms with E-state index in [1.165, 1.54) is 28.9 Å². The number of nitrogens with two attached hydrogens (primary N) is 2. The molecule has 0 aliphatic carbocycles. The van der Waals surface area contributed by atoms with Gasteiger partial charge in [-0.3, -0.25) is 37.7 Å². The largest absolute Gasteiger partial charge is 0.405 e. The van der Waals surface area contributed by atoms with E-state index in [9.17, 15) is 24.4 Å². The number of aliphatic hydroxyl groups is 2. The standard InChI is InChI=1S/C26H39N12O10P/c1-36(2)6-4-5-31-49(43,48-12-7-15(46-13(12)8-39)37-10-29-16-20(37)32-25(27)34-22(16)41)45-9-14-18(40)19(44-3)24(47-14)38-11-30-17-21(38)33-26(28)35-23(17)42/h10-15,18-19,24,39-40H,4-9H2,1-3H3,(H,31,43)(H3,27,32,34,41)(H3,28,33,35,42)/t12-,13+,14+,15+,18+,19+,24+,49?/m0/s1. The van der Waals surface area contributed by atoms with Crippen LogP contribution in [-0.4, -0.2) is 132 Å². The quantitative estimate of drug-likeness (QED) is 0.0551. The molecule has 268 valence electrons. The Morgan fingerprint density at radius 3 is 2.31 bits per heavy atom. The number of H-pyrrole nitrogens is 2. The molecule has 9 N–H and O–H groups in total. The second-order valence-corrected chi connectivity index (χ2v) is 13.6. The fraction of sp³-hybridized carbons (Fsp3) is 0.615. The summed E-state index contributed by atoms with van der Waals surface area (Å²) in [5.74, 6) is -0.257. The molecule has 0 radical (unpaired) electrons. The van der Waals surface area contributed by atoms with E-state index in [-0.39, 0.29) is 47.2 Å². The van der Waals surface area contributed by atoms with Gasteiger partial charge in [-0.15, -0.1) is 0 Å². The number of aliphatic hydroxyl groups excluding tert-OH is 2. The minimum Gasteiger partial charge on any atom is -0.394 e. The van der Waals surface area contributed by atoms with Gasteiger partial charge in [0, 0.05) is 20.1 Å². The van der Waals surface area contributed by atoms with E-state index < -0.39 is 75.1 Å². The van der Waals surface area contributed by atoms with Crippen LogP contribution >= 0.6 is 7.75 Å². The molecule has 1 unspecified atom stereocenters. The molecule has 0 bridgehead atoms. The molecular formula is C26H39N12O10P. The number of hydrogen-bond acceptors (Lipinski definition) is 17. The SMILES string of the molecule is CO[C@@H]1[C@H](O)[C@@H](COP(=O)(NCCCN(C)C)O[C@H]2C[C@H](n3cnc4c(=O)[nH]c(N)nc43)O[C@@H]2CO)O[C@H]1n1cnc2c(=O)[nH]c(N)nc21. The van der Waals surface area contributed by atoms with Crippen LogP contribution in [0.3, 0.4) is 0 Å². The third-order valence-corrected chi connectivity index (χ3v) is 9.85. The fourth-order valence-corrected chi connectivity index (χ4v) is 7.42. The summed E-state index contributed by atoms with van der Waals surface area (Å²) in [5, 5.41) is 24.2. The molecule has 0 saturated carbocycles. The Hall–Kier alpha value is -3.83. The normalized spacial score (nSPS) is 27.1. The number of aromatic amines is 2. The van der Waals surface area contributed by atoms with Crippen molar-refractivity contribution in [3.63, 3.8) is 0 Å². The van der Waals surface area contributed by atoms with Gasteiger partial charge >= 0.3 is 7.75 Å². The average molecular weight is 711 g/mol. The summed E-state index contributed by atoms with van der Waals surface area (Å²) >= 11 is 0. The van der Waals surface area contributed by atoms with Crippen molar-refractivity contribution < 1.29 is 38.0 Å². The second kappa shape index (κ2) is 14.2. The maximum atomic E-state index is 14.3. The zero-order valence-corrected chi connectivity index (χ0v) is 27.7. The zero-order chi connectivity index (χ0) is 35.0. The second-order valence-electron chi connectivity index (χ2n) is 11.9. The van der Waals surface area contributed by atoms with E-state index in [2.05, 4.69) is 35.0 Å². The molecule has 22 nitrogen and oxygen atoms in total. The summed E-state index contributed by atoms with van der Waals surface area (Å²) in [7, 11) is 0.982. The first-order valence-corrected chi connectivity index (χ1v) is 16.9. The van der Waals surface area contributed by atoms with E-state index >= 15 is 0 Å². The van der Waals surface area contributed by atoms with Crippen molar-refractivity contribution in [2.24, 2.45) is 0 Å². The highest BCUT2D eigenvalue weighted by molar-refractivity contribution is 7.51. The highest BCUT2D eigenvalue weighted by Gasteiger charge is 2.48. The molecule has 2 fully saturated rings. The highest BCUT2D eigenvalue weighted by atomic mass is 31.2. The molecule has 6 heterocycles. The van der Waals surface area contributed by atoms with Gasteiger partial charge in [0.15, 0.2) is 28.6 Å². The van der Waals surface area contributed by atoms with E-state index in [0.29, 0.717) is 13.0 Å². The Bertz CT molecular complexity index is 1950. The molecular weight excluding hydrogens is 671 g/mol. The molecule has 2 aliphatic heterocycles. The molecule has 0 spiro atoms. The highest BCUT2D eigenvalue weighted by Crippen LogP contribution is 2.49. The van der Waals surface area contributed by atoms with Gasteiger partial charge in [-0.2, -0.15) is 9.97 Å². The number of nitrogens with zero attached hydrogens (tertiary/aromatic N) is 7. The van der Waals surface area contributed by atoms with Crippen molar-refractivity contribution in [3.8, 4) is 0 Å². The number of hydrogen-bond donors (Lipinski definition) is 7. The maximum Gasteiger partial charge on any atom is 0.405 e. The summed E-state index contributed by atoms with van der Waals surface area (Å²) in [4.78, 5) is 47.8. The van der Waals surface area contributed by atoms with Gasteiger partial charge in [-0.05, 0) is 27.1 Å². The molecule has 4 aromatic rings. The number of aromatic nitrogens is 8. The van der Waals surface area contributed by atoms with Gasteiger partial charge in [0.2, 0.25) is 11.9 Å². The van der Waals surface area contributed by atoms with Crippen molar-refractivity contribution in [2.45, 2.75) is 55.8 Å². The lowest BCUT2D eigenvalue weighted by Crippen LogP contribution is -2.36. The lowest BCUT2D eigenvalue weighted by Gasteiger charge is -2.26. The summed E-state index contributed by atoms with van der Waals surface area (Å²) < 4.78 is 46.8. The molecule has 8 atom stereocenters. The van der Waals surface area contributed by atoms with Gasteiger partial charge in [0.1, 0.15) is 36.7 Å². The maximum absolute atomic E-state index is 14.3. The van der Waals surface area contributed by atoms with Crippen LogP contribution in [0.2, 0.25) is 0 Å². The Balaban J connectivity index is 1.20. The molecule has 49 heavy (non-hydrogen) atoms. The van der Waals surface area contributed by atoms with Gasteiger partial charge < -0.3 is 40.8 Å². The van der Waals surface area contributed by atoms with Gasteiger partial charge in [0.25, 0.3) is 11.1 Å². The van der Waals surface area contributed by atoms with Gasteiger partial charge in [-0.25, -0.2) is 19.6 Å². The summed E-state index contributed by atoms with van der Waals surface area (Å²) in [5.41, 5.74) is 10.7. The van der Waals surface area contributed by atoms with Crippen molar-refractivity contribution in [1.82, 2.24) is 49.0 Å². The van der Waals surface area contributed by atoms with E-state index in [1.807, 2.05) is 19.0 Å². The van der Waals surface area contributed by atoms with Crippen LogP contribution in [0, 0.1) is 0 Å². The number of rotatable bonds is 14. The average Bonchev–Trinajstić information content (AvgIpc) is 3.82. The number of nitrogens with one attached hydrogen (secondary N) is 3. The fourth-order valence-electron chi connectivity index (χ4n) is 5.84. The predicted octanol–water partition coefficient (Wildman–Crippen LogP) is -1.98. The lowest BCUT2D eigenvalue weighted by atomic mass is 10.1. The Morgan fingerprint density at radius 2 is 1.69 bits per heavy atom. The third kappa shape index (κ3) is 7.10. The summed E-state index contributed by atoms with van der Waals surface area (Å²) in [6.45, 7) is -0.0101. The number of anilines is 2. The Labute approximate surface area is 277 Å². The van der Waals surface area contributed by atoms with Crippen LogP contribution < -0.4 is 27.7 Å². The molecule has 4 aromatic heterocycles. The van der Waals surface area contributed by atoms with Crippen LogP contribution in [0.4, 0.5) is 11.9 Å². The van der Waals surface area contributed by atoms with Crippen LogP contribution in [0.1, 0.15) is 25.3 Å². The molecule has 2 aliphatic rings. The van der Waals surface area contributed by atoms with Crippen LogP contribution in [0.25, 0.3) is 22.3 Å². The van der Waals surface area contributed by atoms with Crippen LogP contribution in [0.5, 0.6) is 0 Å². The molecule has 6 rings (SSSR count). The van der Waals surface area contributed by atoms with Gasteiger partial charge in [0.05, 0.1) is 25.9 Å². The minimum absolute atomic E-state index is 0.00642. The smallest absolute Gasteiger partial charge is 0.394 e. The number of fused-ring (bicyclic) bond motifs is 2. The number of methoxy groups -OCH3 is 1. The van der Waals surface area contributed by atoms with Crippen molar-refractivity contribution in [1.29, 1.82) is 0 Å². The van der Waals surface area contributed by atoms with E-state index in [1.54, 1.807) is 0 Å². The van der Waals surface area contributed by atoms with Gasteiger partial charge in [-0.1, -0.05) is 0 Å². The van der Waals surface area contributed by atoms with Crippen molar-refractivity contribution in [3.05, 3.63) is 33.4 Å². The molecule has 23 heteroatoms. The zero-order valence-electron chi connectivity index (χ0n) is 26.8. The summed E-state index contributed by atoms with van der Waals surface area (Å²) in [6, 6.07) is 0. The first-order valence-electron chi connectivity index (χ1n) is 15.3. The van der Waals surface area contributed by atoms with E-state index in [0.717, 1.165) is 0 Å². The molecule has 2 saturated heterocycles. The first-order chi connectivity index (χ1) is 23.4.